The van der Waals surface area contributed by atoms with Gasteiger partial charge in [0.05, 0.1) is 17.1 Å². The van der Waals surface area contributed by atoms with Gasteiger partial charge in [-0.25, -0.2) is 9.67 Å². The van der Waals surface area contributed by atoms with Crippen LogP contribution in [0, 0.1) is 6.92 Å². The molecule has 0 saturated heterocycles. The molecule has 0 aliphatic heterocycles. The molecule has 1 aromatic heterocycles. The Morgan fingerprint density at radius 1 is 1.53 bits per heavy atom. The molecule has 6 nitrogen and oxygen atoms in total. The third-order valence-corrected chi connectivity index (χ3v) is 3.52. The highest BCUT2D eigenvalue weighted by Crippen LogP contribution is 2.20. The molecule has 0 unspecified atom stereocenters. The first kappa shape index (κ1) is 13.4. The van der Waals surface area contributed by atoms with E-state index in [4.69, 9.17) is 5.73 Å². The van der Waals surface area contributed by atoms with Crippen LogP contribution in [0.1, 0.15) is 5.56 Å². The number of anilines is 2. The molecule has 0 bridgehead atoms. The SMILES string of the molecule is Cc1ccc(NC(=O)CSc2ncnn2C)c(N)c1. The van der Waals surface area contributed by atoms with Crippen LogP contribution < -0.4 is 11.1 Å². The number of nitrogens with two attached hydrogens (primary N) is 1. The van der Waals surface area contributed by atoms with Crippen molar-refractivity contribution in [2.24, 2.45) is 7.05 Å². The summed E-state index contributed by atoms with van der Waals surface area (Å²) in [6.45, 7) is 1.95. The van der Waals surface area contributed by atoms with E-state index >= 15 is 0 Å². The van der Waals surface area contributed by atoms with Crippen LogP contribution >= 0.6 is 11.8 Å². The van der Waals surface area contributed by atoms with Crippen molar-refractivity contribution in [1.82, 2.24) is 14.8 Å². The highest BCUT2D eigenvalue weighted by Gasteiger charge is 2.08. The first-order valence-electron chi connectivity index (χ1n) is 5.69. The van der Waals surface area contributed by atoms with E-state index in [0.717, 1.165) is 5.56 Å². The molecule has 2 rings (SSSR count). The highest BCUT2D eigenvalue weighted by molar-refractivity contribution is 7.99. The number of carbonyl (C=O) groups is 1. The molecule has 19 heavy (non-hydrogen) atoms. The molecule has 0 radical (unpaired) electrons. The van der Waals surface area contributed by atoms with Gasteiger partial charge in [-0.1, -0.05) is 17.8 Å². The molecule has 0 aliphatic rings. The van der Waals surface area contributed by atoms with Crippen molar-refractivity contribution in [3.63, 3.8) is 0 Å². The number of nitrogen functional groups attached to an aromatic ring is 1. The Labute approximate surface area is 115 Å². The van der Waals surface area contributed by atoms with E-state index in [1.54, 1.807) is 17.8 Å². The Bertz CT molecular complexity index is 596. The number of nitrogens with zero attached hydrogens (tertiary/aromatic N) is 3. The molecule has 7 heteroatoms. The van der Waals surface area contributed by atoms with Crippen molar-refractivity contribution in [3.8, 4) is 0 Å². The lowest BCUT2D eigenvalue weighted by Crippen LogP contribution is -2.15. The summed E-state index contributed by atoms with van der Waals surface area (Å²) in [5.41, 5.74) is 8.10. The van der Waals surface area contributed by atoms with Crippen LogP contribution in [0.3, 0.4) is 0 Å². The average Bonchev–Trinajstić information content (AvgIpc) is 2.76. The van der Waals surface area contributed by atoms with Crippen LogP contribution in [-0.4, -0.2) is 26.4 Å². The number of nitrogens with one attached hydrogen (secondary N) is 1. The first-order valence-corrected chi connectivity index (χ1v) is 6.67. The standard InChI is InChI=1S/C12H15N5OS/c1-8-3-4-10(9(13)5-8)16-11(18)6-19-12-14-7-15-17(12)2/h3-5,7H,6,13H2,1-2H3,(H,16,18). The topological polar surface area (TPSA) is 85.8 Å². The summed E-state index contributed by atoms with van der Waals surface area (Å²) in [5.74, 6) is 0.142. The van der Waals surface area contributed by atoms with Crippen LogP contribution in [0.4, 0.5) is 11.4 Å². The third kappa shape index (κ3) is 3.47. The van der Waals surface area contributed by atoms with Crippen molar-refractivity contribution in [2.45, 2.75) is 12.1 Å². The van der Waals surface area contributed by atoms with Gasteiger partial charge in [0.2, 0.25) is 5.91 Å². The van der Waals surface area contributed by atoms with E-state index in [0.29, 0.717) is 16.5 Å². The quantitative estimate of drug-likeness (QED) is 0.652. The van der Waals surface area contributed by atoms with Gasteiger partial charge in [0.25, 0.3) is 0 Å². The van der Waals surface area contributed by atoms with E-state index in [1.807, 2.05) is 19.1 Å². The Kier molecular flexibility index (Phi) is 4.06. The number of rotatable bonds is 4. The molecule has 0 fully saturated rings. The van der Waals surface area contributed by atoms with Gasteiger partial charge in [0, 0.05) is 7.05 Å². The predicted molar refractivity (Wildman–Crippen MR) is 75.9 cm³/mol. The zero-order valence-corrected chi connectivity index (χ0v) is 11.6. The molecule has 0 saturated carbocycles. The maximum Gasteiger partial charge on any atom is 0.234 e. The van der Waals surface area contributed by atoms with Crippen molar-refractivity contribution < 1.29 is 4.79 Å². The van der Waals surface area contributed by atoms with Crippen molar-refractivity contribution in [1.29, 1.82) is 0 Å². The maximum atomic E-state index is 11.8. The summed E-state index contributed by atoms with van der Waals surface area (Å²) in [5, 5.41) is 7.41. The molecule has 100 valence electrons. The molecule has 0 aliphatic carbocycles. The number of benzene rings is 1. The molecule has 1 amide bonds. The van der Waals surface area contributed by atoms with Gasteiger partial charge in [0.1, 0.15) is 6.33 Å². The normalized spacial score (nSPS) is 10.4. The van der Waals surface area contributed by atoms with Gasteiger partial charge in [-0.05, 0) is 24.6 Å². The van der Waals surface area contributed by atoms with Crippen molar-refractivity contribution in [2.75, 3.05) is 16.8 Å². The second-order valence-corrected chi connectivity index (χ2v) is 5.04. The van der Waals surface area contributed by atoms with Gasteiger partial charge in [-0.15, -0.1) is 0 Å². The smallest absolute Gasteiger partial charge is 0.234 e. The van der Waals surface area contributed by atoms with Crippen molar-refractivity contribution in [3.05, 3.63) is 30.1 Å². The minimum atomic E-state index is -0.122. The van der Waals surface area contributed by atoms with Gasteiger partial charge in [-0.3, -0.25) is 4.79 Å². The molecule has 1 heterocycles. The predicted octanol–water partition coefficient (Wildman–Crippen LogP) is 1.44. The molecule has 1 aromatic carbocycles. The Morgan fingerprint density at radius 3 is 2.95 bits per heavy atom. The summed E-state index contributed by atoms with van der Waals surface area (Å²) in [6.07, 6.45) is 1.46. The molecule has 3 N–H and O–H groups in total. The van der Waals surface area contributed by atoms with Crippen LogP contribution in [0.5, 0.6) is 0 Å². The fraction of sp³-hybridized carbons (Fsp3) is 0.250. The van der Waals surface area contributed by atoms with Crippen LogP contribution in [0.25, 0.3) is 0 Å². The maximum absolute atomic E-state index is 11.8. The minimum Gasteiger partial charge on any atom is -0.397 e. The Balaban J connectivity index is 1.93. The summed E-state index contributed by atoms with van der Waals surface area (Å²) in [4.78, 5) is 15.8. The summed E-state index contributed by atoms with van der Waals surface area (Å²) in [6, 6.07) is 5.53. The number of hydrogen-bond donors (Lipinski definition) is 2. The van der Waals surface area contributed by atoms with Gasteiger partial charge in [0.15, 0.2) is 5.16 Å². The molecular formula is C12H15N5OS. The lowest BCUT2D eigenvalue weighted by molar-refractivity contribution is -0.113. The monoisotopic (exact) mass is 277 g/mol. The number of aryl methyl sites for hydroxylation is 2. The average molecular weight is 277 g/mol. The lowest BCUT2D eigenvalue weighted by Gasteiger charge is -2.08. The van der Waals surface area contributed by atoms with E-state index in [2.05, 4.69) is 15.4 Å². The highest BCUT2D eigenvalue weighted by atomic mass is 32.2. The molecular weight excluding hydrogens is 262 g/mol. The van der Waals surface area contributed by atoms with Gasteiger partial charge in [-0.2, -0.15) is 5.10 Å². The third-order valence-electron chi connectivity index (χ3n) is 2.48. The second kappa shape index (κ2) is 5.75. The molecule has 0 spiro atoms. The summed E-state index contributed by atoms with van der Waals surface area (Å²) < 4.78 is 1.62. The first-order chi connectivity index (χ1) is 9.06. The van der Waals surface area contributed by atoms with Gasteiger partial charge < -0.3 is 11.1 Å². The van der Waals surface area contributed by atoms with E-state index < -0.39 is 0 Å². The number of hydrogen-bond acceptors (Lipinski definition) is 5. The molecule has 2 aromatic rings. The van der Waals surface area contributed by atoms with Crippen molar-refractivity contribution >= 4 is 29.0 Å². The number of aromatic nitrogens is 3. The Morgan fingerprint density at radius 2 is 2.32 bits per heavy atom. The Hall–Kier alpha value is -2.02. The lowest BCUT2D eigenvalue weighted by atomic mass is 10.2. The van der Waals surface area contributed by atoms with Gasteiger partial charge >= 0.3 is 0 Å². The number of carbonyl (C=O) groups excluding carboxylic acids is 1. The van der Waals surface area contributed by atoms with E-state index in [-0.39, 0.29) is 11.7 Å². The number of thioether (sulfide) groups is 1. The van der Waals surface area contributed by atoms with E-state index in [9.17, 15) is 4.79 Å². The summed E-state index contributed by atoms with van der Waals surface area (Å²) >= 11 is 1.33. The van der Waals surface area contributed by atoms with E-state index in [1.165, 1.54) is 18.1 Å². The van der Waals surface area contributed by atoms with Crippen LogP contribution in [0.15, 0.2) is 29.7 Å². The fourth-order valence-corrected chi connectivity index (χ4v) is 2.22. The number of amides is 1. The summed E-state index contributed by atoms with van der Waals surface area (Å²) in [7, 11) is 1.78. The zero-order chi connectivity index (χ0) is 13.8. The fourth-order valence-electron chi connectivity index (χ4n) is 1.53. The largest absolute Gasteiger partial charge is 0.397 e. The second-order valence-electron chi connectivity index (χ2n) is 4.09. The van der Waals surface area contributed by atoms with Crippen LogP contribution in [-0.2, 0) is 11.8 Å². The molecule has 0 atom stereocenters. The minimum absolute atomic E-state index is 0.122. The van der Waals surface area contributed by atoms with Crippen LogP contribution in [0.2, 0.25) is 0 Å². The zero-order valence-electron chi connectivity index (χ0n) is 10.8.